The van der Waals surface area contributed by atoms with E-state index in [1.54, 1.807) is 24.3 Å². The van der Waals surface area contributed by atoms with E-state index in [2.05, 4.69) is 0 Å². The molecule has 2 amide bonds. The zero-order valence-electron chi connectivity index (χ0n) is 12.2. The fourth-order valence-corrected chi connectivity index (χ4v) is 3.03. The highest BCUT2D eigenvalue weighted by Crippen LogP contribution is 2.26. The van der Waals surface area contributed by atoms with Gasteiger partial charge in [-0.05, 0) is 23.8 Å². The van der Waals surface area contributed by atoms with E-state index < -0.39 is 23.0 Å². The van der Waals surface area contributed by atoms with Gasteiger partial charge in [0.2, 0.25) is 0 Å². The van der Waals surface area contributed by atoms with Gasteiger partial charge in [0.05, 0.1) is 11.1 Å². The molecule has 0 saturated carbocycles. The van der Waals surface area contributed by atoms with E-state index >= 15 is 0 Å². The number of hydroxylamine groups is 2. The summed E-state index contributed by atoms with van der Waals surface area (Å²) in [5.41, 5.74) is 0.527. The van der Waals surface area contributed by atoms with Gasteiger partial charge in [0, 0.05) is 0 Å². The quantitative estimate of drug-likeness (QED) is 0.782. The Labute approximate surface area is 127 Å². The summed E-state index contributed by atoms with van der Waals surface area (Å²) in [4.78, 5) is 41.5. The Bertz CT molecular complexity index is 550. The van der Waals surface area contributed by atoms with Gasteiger partial charge in [0.1, 0.15) is 5.25 Å². The van der Waals surface area contributed by atoms with Crippen LogP contribution < -0.4 is 0 Å². The maximum Gasteiger partial charge on any atom is 0.346 e. The van der Waals surface area contributed by atoms with Crippen LogP contribution in [0, 0.1) is 5.92 Å². The standard InChI is InChI=1S/C15H17NO4S/c1-4-21-12(9(2)3)15(19)20-16-13(17)10-7-5-6-8-11(10)14(16)18/h5-9,12H,4H2,1-3H3. The van der Waals surface area contributed by atoms with Gasteiger partial charge in [-0.2, -0.15) is 0 Å². The van der Waals surface area contributed by atoms with Crippen LogP contribution in [-0.2, 0) is 9.63 Å². The number of amides is 2. The number of imide groups is 1. The highest BCUT2D eigenvalue weighted by molar-refractivity contribution is 8.00. The van der Waals surface area contributed by atoms with E-state index in [1.165, 1.54) is 11.8 Å². The zero-order chi connectivity index (χ0) is 15.6. The number of carbonyl (C=O) groups is 3. The topological polar surface area (TPSA) is 63.7 Å². The first-order valence-electron chi connectivity index (χ1n) is 6.78. The molecule has 1 heterocycles. The van der Waals surface area contributed by atoms with Crippen molar-refractivity contribution in [3.05, 3.63) is 35.4 Å². The highest BCUT2D eigenvalue weighted by Gasteiger charge is 2.40. The lowest BCUT2D eigenvalue weighted by atomic mass is 10.1. The zero-order valence-corrected chi connectivity index (χ0v) is 13.0. The summed E-state index contributed by atoms with van der Waals surface area (Å²) >= 11 is 1.44. The van der Waals surface area contributed by atoms with Gasteiger partial charge in [-0.15, -0.1) is 11.8 Å². The first kappa shape index (κ1) is 15.6. The third kappa shape index (κ3) is 2.95. The Morgan fingerprint density at radius 3 is 2.14 bits per heavy atom. The molecular weight excluding hydrogens is 290 g/mol. The maximum atomic E-state index is 12.2. The van der Waals surface area contributed by atoms with Crippen molar-refractivity contribution in [3.63, 3.8) is 0 Å². The predicted octanol–water partition coefficient (Wildman–Crippen LogP) is 2.52. The molecule has 6 heteroatoms. The average molecular weight is 307 g/mol. The molecule has 2 rings (SSSR count). The molecule has 0 fully saturated rings. The van der Waals surface area contributed by atoms with E-state index in [4.69, 9.17) is 4.84 Å². The number of thioether (sulfide) groups is 1. The lowest BCUT2D eigenvalue weighted by Gasteiger charge is -2.20. The lowest BCUT2D eigenvalue weighted by Crippen LogP contribution is -2.37. The molecule has 1 aliphatic rings. The van der Waals surface area contributed by atoms with E-state index in [1.807, 2.05) is 20.8 Å². The Balaban J connectivity index is 2.16. The molecule has 0 aliphatic carbocycles. The van der Waals surface area contributed by atoms with Gasteiger partial charge in [0.15, 0.2) is 0 Å². The lowest BCUT2D eigenvalue weighted by molar-refractivity contribution is -0.168. The molecule has 0 spiro atoms. The van der Waals surface area contributed by atoms with Crippen molar-refractivity contribution in [2.45, 2.75) is 26.0 Å². The van der Waals surface area contributed by atoms with Crippen LogP contribution in [0.25, 0.3) is 0 Å². The van der Waals surface area contributed by atoms with Gasteiger partial charge < -0.3 is 4.84 Å². The largest absolute Gasteiger partial charge is 0.346 e. The second kappa shape index (κ2) is 6.30. The summed E-state index contributed by atoms with van der Waals surface area (Å²) in [7, 11) is 0. The minimum atomic E-state index is -0.590. The second-order valence-corrected chi connectivity index (χ2v) is 6.40. The first-order valence-corrected chi connectivity index (χ1v) is 7.83. The molecule has 0 radical (unpaired) electrons. The molecule has 5 nitrogen and oxygen atoms in total. The molecule has 1 aliphatic heterocycles. The van der Waals surface area contributed by atoms with Crippen LogP contribution in [0.15, 0.2) is 24.3 Å². The number of benzene rings is 1. The molecule has 0 bridgehead atoms. The number of fused-ring (bicyclic) bond motifs is 1. The Kier molecular flexibility index (Phi) is 4.67. The van der Waals surface area contributed by atoms with Gasteiger partial charge in [-0.25, -0.2) is 4.79 Å². The van der Waals surface area contributed by atoms with Crippen LogP contribution in [0.1, 0.15) is 41.5 Å². The second-order valence-electron chi connectivity index (χ2n) is 4.98. The van der Waals surface area contributed by atoms with Gasteiger partial charge in [-0.3, -0.25) is 9.59 Å². The number of carbonyl (C=O) groups excluding carboxylic acids is 3. The van der Waals surface area contributed by atoms with E-state index in [-0.39, 0.29) is 17.0 Å². The Hall–Kier alpha value is -1.82. The van der Waals surface area contributed by atoms with Crippen LogP contribution in [0.4, 0.5) is 0 Å². The van der Waals surface area contributed by atoms with E-state index in [0.29, 0.717) is 5.06 Å². The number of hydrogen-bond donors (Lipinski definition) is 0. The van der Waals surface area contributed by atoms with Gasteiger partial charge in [0.25, 0.3) is 11.8 Å². The van der Waals surface area contributed by atoms with Crippen molar-refractivity contribution in [1.82, 2.24) is 5.06 Å². The van der Waals surface area contributed by atoms with Crippen molar-refractivity contribution in [1.29, 1.82) is 0 Å². The summed E-state index contributed by atoms with van der Waals surface area (Å²) in [5.74, 6) is -0.940. The third-order valence-corrected chi connectivity index (χ3v) is 4.55. The Morgan fingerprint density at radius 1 is 1.19 bits per heavy atom. The van der Waals surface area contributed by atoms with Crippen molar-refractivity contribution in [2.24, 2.45) is 5.92 Å². The summed E-state index contributed by atoms with van der Waals surface area (Å²) < 4.78 is 0. The SMILES string of the molecule is CCSC(C(=O)ON1C(=O)c2ccccc2C1=O)C(C)C. The fourth-order valence-electron chi connectivity index (χ4n) is 2.10. The number of hydrogen-bond acceptors (Lipinski definition) is 5. The third-order valence-electron chi connectivity index (χ3n) is 3.12. The summed E-state index contributed by atoms with van der Waals surface area (Å²) in [6, 6.07) is 6.42. The van der Waals surface area contributed by atoms with Crippen LogP contribution in [0.5, 0.6) is 0 Å². The molecule has 1 aromatic rings. The average Bonchev–Trinajstić information content (AvgIpc) is 2.70. The molecule has 0 saturated heterocycles. The molecule has 1 unspecified atom stereocenters. The molecule has 0 aromatic heterocycles. The molecule has 1 atom stereocenters. The van der Waals surface area contributed by atoms with Crippen LogP contribution in [0.2, 0.25) is 0 Å². The number of rotatable bonds is 5. The van der Waals surface area contributed by atoms with Crippen molar-refractivity contribution >= 4 is 29.5 Å². The normalized spacial score (nSPS) is 15.3. The molecule has 0 N–H and O–H groups in total. The van der Waals surface area contributed by atoms with Crippen LogP contribution in [-0.4, -0.2) is 33.8 Å². The van der Waals surface area contributed by atoms with Crippen LogP contribution >= 0.6 is 11.8 Å². The van der Waals surface area contributed by atoms with Gasteiger partial charge in [-0.1, -0.05) is 38.0 Å². The fraction of sp³-hybridized carbons (Fsp3) is 0.400. The molecule has 112 valence electrons. The van der Waals surface area contributed by atoms with Crippen molar-refractivity contribution < 1.29 is 19.2 Å². The smallest absolute Gasteiger partial charge is 0.328 e. The van der Waals surface area contributed by atoms with E-state index in [0.717, 1.165) is 5.75 Å². The molecule has 21 heavy (non-hydrogen) atoms. The highest BCUT2D eigenvalue weighted by atomic mass is 32.2. The predicted molar refractivity (Wildman–Crippen MR) is 79.8 cm³/mol. The molecular formula is C15H17NO4S. The maximum absolute atomic E-state index is 12.2. The Morgan fingerprint density at radius 2 is 1.71 bits per heavy atom. The molecule has 1 aromatic carbocycles. The summed E-state index contributed by atoms with van der Waals surface area (Å²) in [5, 5.41) is 0.165. The van der Waals surface area contributed by atoms with Gasteiger partial charge >= 0.3 is 5.97 Å². The first-order chi connectivity index (χ1) is 9.97. The monoisotopic (exact) mass is 307 g/mol. The van der Waals surface area contributed by atoms with Crippen molar-refractivity contribution in [3.8, 4) is 0 Å². The summed E-state index contributed by atoms with van der Waals surface area (Å²) in [6.07, 6.45) is 0. The van der Waals surface area contributed by atoms with E-state index in [9.17, 15) is 14.4 Å². The minimum absolute atomic E-state index is 0.0534. The summed E-state index contributed by atoms with van der Waals surface area (Å²) in [6.45, 7) is 5.74. The van der Waals surface area contributed by atoms with Crippen LogP contribution in [0.3, 0.4) is 0 Å². The van der Waals surface area contributed by atoms with Crippen molar-refractivity contribution in [2.75, 3.05) is 5.75 Å². The number of nitrogens with zero attached hydrogens (tertiary/aromatic N) is 1. The minimum Gasteiger partial charge on any atom is -0.328 e.